The average molecular weight is 453 g/mol. The number of rotatable bonds is 5. The highest BCUT2D eigenvalue weighted by molar-refractivity contribution is 7.89. The molecule has 0 aliphatic carbocycles. The lowest BCUT2D eigenvalue weighted by Gasteiger charge is -2.37. The van der Waals surface area contributed by atoms with Gasteiger partial charge in [0.05, 0.1) is 19.8 Å². The second-order valence-electron chi connectivity index (χ2n) is 8.32. The number of piperazine rings is 2. The number of carbonyl (C=O) groups excluding carboxylic acids is 1. The van der Waals surface area contributed by atoms with Crippen molar-refractivity contribution in [1.82, 2.24) is 24.0 Å². The Morgan fingerprint density at radius 1 is 0.968 bits per heavy atom. The fourth-order valence-electron chi connectivity index (χ4n) is 4.13. The smallest absolute Gasteiger partial charge is 0.244 e. The van der Waals surface area contributed by atoms with E-state index < -0.39 is 10.0 Å². The van der Waals surface area contributed by atoms with E-state index in [0.29, 0.717) is 59.0 Å². The highest BCUT2D eigenvalue weighted by atomic mass is 32.2. The molecule has 1 aromatic rings. The monoisotopic (exact) mass is 452 g/mol. The van der Waals surface area contributed by atoms with Crippen molar-refractivity contribution in [1.29, 1.82) is 0 Å². The Morgan fingerprint density at radius 2 is 1.65 bits per heavy atom. The van der Waals surface area contributed by atoms with E-state index in [1.165, 1.54) is 10.5 Å². The third-order valence-electron chi connectivity index (χ3n) is 6.24. The first-order valence-electron chi connectivity index (χ1n) is 10.9. The summed E-state index contributed by atoms with van der Waals surface area (Å²) >= 11 is 0. The van der Waals surface area contributed by atoms with E-state index in [1.807, 2.05) is 11.9 Å². The Hall–Kier alpha value is -1.79. The quantitative estimate of drug-likeness (QED) is 0.562. The predicted octanol–water partition coefficient (Wildman–Crippen LogP) is -1.00. The molecule has 3 saturated heterocycles. The van der Waals surface area contributed by atoms with Crippen LogP contribution in [0.1, 0.15) is 0 Å². The number of hydrogen-bond acceptors (Lipinski definition) is 8. The van der Waals surface area contributed by atoms with Gasteiger partial charge in [0.15, 0.2) is 0 Å². The molecule has 1 aromatic heterocycles. The van der Waals surface area contributed by atoms with Gasteiger partial charge < -0.3 is 19.4 Å². The van der Waals surface area contributed by atoms with Crippen molar-refractivity contribution in [3.05, 3.63) is 18.3 Å². The number of likely N-dealkylation sites (N-methyl/N-ethyl adjacent to an activating group) is 1. The Kier molecular flexibility index (Phi) is 7.07. The molecule has 0 spiro atoms. The molecule has 4 heterocycles. The first-order valence-corrected chi connectivity index (χ1v) is 12.3. The molecule has 3 aliphatic rings. The van der Waals surface area contributed by atoms with Crippen LogP contribution >= 0.6 is 0 Å². The van der Waals surface area contributed by atoms with E-state index in [-0.39, 0.29) is 10.8 Å². The van der Waals surface area contributed by atoms with Gasteiger partial charge in [-0.1, -0.05) is 0 Å². The Bertz CT molecular complexity index is 843. The molecule has 0 aromatic carbocycles. The molecular formula is C20H32N6O4S. The van der Waals surface area contributed by atoms with Crippen molar-refractivity contribution in [2.75, 3.05) is 97.2 Å². The maximum atomic E-state index is 12.9. The molecule has 10 nitrogen and oxygen atoms in total. The molecule has 0 bridgehead atoms. The van der Waals surface area contributed by atoms with Crippen LogP contribution in [0.3, 0.4) is 0 Å². The lowest BCUT2D eigenvalue weighted by Crippen LogP contribution is -2.52. The first kappa shape index (κ1) is 22.4. The van der Waals surface area contributed by atoms with Gasteiger partial charge in [0.2, 0.25) is 15.9 Å². The standard InChI is InChI=1S/C20H32N6O4S/c1-22-4-10-26(11-5-22)31(28,29)18-2-3-19(21-16-18)24-6-8-25(9-7-24)20(27)17-23-12-14-30-15-13-23/h2-3,16H,4-15,17H2,1H3. The van der Waals surface area contributed by atoms with Crippen LogP contribution in [0.15, 0.2) is 23.2 Å². The van der Waals surface area contributed by atoms with Crippen molar-refractivity contribution in [2.45, 2.75) is 4.90 Å². The van der Waals surface area contributed by atoms with E-state index in [0.717, 1.165) is 32.0 Å². The molecular weight excluding hydrogens is 420 g/mol. The van der Waals surface area contributed by atoms with Crippen LogP contribution < -0.4 is 4.90 Å². The van der Waals surface area contributed by atoms with E-state index in [4.69, 9.17) is 4.74 Å². The van der Waals surface area contributed by atoms with E-state index in [2.05, 4.69) is 19.7 Å². The molecule has 172 valence electrons. The van der Waals surface area contributed by atoms with Gasteiger partial charge in [-0.2, -0.15) is 4.31 Å². The number of amides is 1. The minimum Gasteiger partial charge on any atom is -0.379 e. The average Bonchev–Trinajstić information content (AvgIpc) is 2.80. The van der Waals surface area contributed by atoms with Crippen LogP contribution in [-0.2, 0) is 19.6 Å². The van der Waals surface area contributed by atoms with Gasteiger partial charge in [0.1, 0.15) is 10.7 Å². The molecule has 3 aliphatic heterocycles. The molecule has 0 saturated carbocycles. The van der Waals surface area contributed by atoms with Crippen LogP contribution in [0.4, 0.5) is 5.82 Å². The molecule has 4 rings (SSSR count). The minimum absolute atomic E-state index is 0.156. The zero-order valence-corrected chi connectivity index (χ0v) is 19.0. The normalized spacial score (nSPS) is 22.6. The number of aromatic nitrogens is 1. The van der Waals surface area contributed by atoms with Crippen molar-refractivity contribution in [3.8, 4) is 0 Å². The number of sulfonamides is 1. The summed E-state index contributed by atoms with van der Waals surface area (Å²) in [5.41, 5.74) is 0. The molecule has 0 atom stereocenters. The number of hydrogen-bond donors (Lipinski definition) is 0. The van der Waals surface area contributed by atoms with Crippen LogP contribution in [-0.4, -0.2) is 131 Å². The fraction of sp³-hybridized carbons (Fsp3) is 0.700. The first-order chi connectivity index (χ1) is 14.9. The van der Waals surface area contributed by atoms with Crippen molar-refractivity contribution < 1.29 is 17.9 Å². The van der Waals surface area contributed by atoms with Gasteiger partial charge in [-0.05, 0) is 19.2 Å². The molecule has 11 heteroatoms. The summed E-state index contributed by atoms with van der Waals surface area (Å²) in [5.74, 6) is 0.903. The van der Waals surface area contributed by atoms with E-state index >= 15 is 0 Å². The van der Waals surface area contributed by atoms with Crippen LogP contribution in [0.2, 0.25) is 0 Å². The van der Waals surface area contributed by atoms with Crippen molar-refractivity contribution >= 4 is 21.7 Å². The highest BCUT2D eigenvalue weighted by Crippen LogP contribution is 2.20. The summed E-state index contributed by atoms with van der Waals surface area (Å²) in [6.45, 7) is 8.57. The Balaban J connectivity index is 1.30. The molecule has 3 fully saturated rings. The maximum absolute atomic E-state index is 12.9. The predicted molar refractivity (Wildman–Crippen MR) is 117 cm³/mol. The minimum atomic E-state index is -3.51. The summed E-state index contributed by atoms with van der Waals surface area (Å²) in [5, 5.41) is 0. The van der Waals surface area contributed by atoms with Gasteiger partial charge in [-0.15, -0.1) is 0 Å². The molecule has 1 amide bonds. The van der Waals surface area contributed by atoms with Crippen molar-refractivity contribution in [2.24, 2.45) is 0 Å². The van der Waals surface area contributed by atoms with E-state index in [1.54, 1.807) is 12.1 Å². The second-order valence-corrected chi connectivity index (χ2v) is 10.3. The van der Waals surface area contributed by atoms with Crippen LogP contribution in [0, 0.1) is 0 Å². The number of morpholine rings is 1. The highest BCUT2D eigenvalue weighted by Gasteiger charge is 2.28. The zero-order valence-electron chi connectivity index (χ0n) is 18.1. The number of anilines is 1. The molecule has 0 unspecified atom stereocenters. The zero-order chi connectivity index (χ0) is 21.8. The molecule has 31 heavy (non-hydrogen) atoms. The van der Waals surface area contributed by atoms with E-state index in [9.17, 15) is 13.2 Å². The number of ether oxygens (including phenoxy) is 1. The summed E-state index contributed by atoms with van der Waals surface area (Å²) in [6, 6.07) is 3.42. The lowest BCUT2D eigenvalue weighted by atomic mass is 10.3. The summed E-state index contributed by atoms with van der Waals surface area (Å²) < 4.78 is 32.6. The van der Waals surface area contributed by atoms with Crippen LogP contribution in [0.5, 0.6) is 0 Å². The van der Waals surface area contributed by atoms with Gasteiger partial charge >= 0.3 is 0 Å². The second kappa shape index (κ2) is 9.78. The SMILES string of the molecule is CN1CCN(S(=O)(=O)c2ccc(N3CCN(C(=O)CN4CCOCC4)CC3)nc2)CC1. The molecule has 0 N–H and O–H groups in total. The number of carbonyl (C=O) groups is 1. The third kappa shape index (κ3) is 5.35. The summed E-state index contributed by atoms with van der Waals surface area (Å²) in [7, 11) is -1.51. The summed E-state index contributed by atoms with van der Waals surface area (Å²) in [4.78, 5) is 25.5. The third-order valence-corrected chi connectivity index (χ3v) is 8.12. The largest absolute Gasteiger partial charge is 0.379 e. The van der Waals surface area contributed by atoms with Gasteiger partial charge in [-0.25, -0.2) is 13.4 Å². The fourth-order valence-corrected chi connectivity index (χ4v) is 5.49. The number of nitrogens with zero attached hydrogens (tertiary/aromatic N) is 6. The van der Waals surface area contributed by atoms with Crippen molar-refractivity contribution in [3.63, 3.8) is 0 Å². The topological polar surface area (TPSA) is 89.5 Å². The van der Waals surface area contributed by atoms with Gasteiger partial charge in [-0.3, -0.25) is 9.69 Å². The maximum Gasteiger partial charge on any atom is 0.244 e. The summed E-state index contributed by atoms with van der Waals surface area (Å²) in [6.07, 6.45) is 1.46. The number of pyridine rings is 1. The van der Waals surface area contributed by atoms with Gasteiger partial charge in [0, 0.05) is 71.6 Å². The Morgan fingerprint density at radius 3 is 2.26 bits per heavy atom. The molecule has 0 radical (unpaired) electrons. The Labute approximate surface area is 184 Å². The van der Waals surface area contributed by atoms with Gasteiger partial charge in [0.25, 0.3) is 0 Å². The lowest BCUT2D eigenvalue weighted by molar-refractivity contribution is -0.133. The van der Waals surface area contributed by atoms with Crippen LogP contribution in [0.25, 0.3) is 0 Å².